The number of carbonyl (C=O) groups excluding carboxylic acids is 1. The van der Waals surface area contributed by atoms with Gasteiger partial charge in [0.1, 0.15) is 5.75 Å². The summed E-state index contributed by atoms with van der Waals surface area (Å²) in [5.41, 5.74) is 1.45. The van der Waals surface area contributed by atoms with Crippen LogP contribution in [-0.4, -0.2) is 33.1 Å². The van der Waals surface area contributed by atoms with Crippen molar-refractivity contribution in [1.82, 2.24) is 9.55 Å². The molecule has 0 bridgehead atoms. The molecule has 8 heteroatoms. The van der Waals surface area contributed by atoms with Crippen LogP contribution in [0.1, 0.15) is 19.5 Å². The second-order valence-electron chi connectivity index (χ2n) is 5.93. The third-order valence-corrected chi connectivity index (χ3v) is 6.12. The lowest BCUT2D eigenvalue weighted by Gasteiger charge is -2.12. The molecule has 0 radical (unpaired) electrons. The fourth-order valence-electron chi connectivity index (χ4n) is 2.67. The molecule has 3 rings (SSSR count). The molecule has 0 saturated carbocycles. The Balaban J connectivity index is 1.68. The van der Waals surface area contributed by atoms with Crippen LogP contribution in [0.5, 0.6) is 5.75 Å². The van der Waals surface area contributed by atoms with Crippen LogP contribution in [0, 0.1) is 0 Å². The number of ether oxygens (including phenoxy) is 1. The molecule has 1 atom stereocenters. The monoisotopic (exact) mass is 391 g/mol. The van der Waals surface area contributed by atoms with Crippen molar-refractivity contribution in [3.05, 3.63) is 40.3 Å². The minimum Gasteiger partial charge on any atom is -0.492 e. The van der Waals surface area contributed by atoms with Gasteiger partial charge in [0.15, 0.2) is 5.16 Å². The van der Waals surface area contributed by atoms with E-state index in [1.54, 1.807) is 24.9 Å². The molecule has 0 unspecified atom stereocenters. The Bertz CT molecular complexity index is 882. The van der Waals surface area contributed by atoms with E-state index in [0.717, 1.165) is 17.0 Å². The van der Waals surface area contributed by atoms with Gasteiger partial charge < -0.3 is 10.1 Å². The smallest absolute Gasteiger partial charge is 0.267 e. The van der Waals surface area contributed by atoms with Crippen LogP contribution in [0.25, 0.3) is 0 Å². The van der Waals surface area contributed by atoms with E-state index in [1.165, 1.54) is 16.3 Å². The molecule has 1 aromatic heterocycles. The second kappa shape index (κ2) is 8.18. The highest BCUT2D eigenvalue weighted by atomic mass is 32.2. The maximum absolute atomic E-state index is 12.5. The average Bonchev–Trinajstić information content (AvgIpc) is 2.99. The topological polar surface area (TPSA) is 73.2 Å². The number of rotatable bonds is 6. The molecule has 2 heterocycles. The molecule has 1 amide bonds. The number of para-hydroxylation sites is 2. The zero-order chi connectivity index (χ0) is 18.7. The van der Waals surface area contributed by atoms with E-state index in [2.05, 4.69) is 17.2 Å². The van der Waals surface area contributed by atoms with E-state index in [9.17, 15) is 9.59 Å². The Morgan fingerprint density at radius 3 is 3.00 bits per heavy atom. The van der Waals surface area contributed by atoms with Gasteiger partial charge in [0.05, 0.1) is 28.6 Å². The predicted molar refractivity (Wildman–Crippen MR) is 105 cm³/mol. The number of hydrogen-bond donors (Lipinski definition) is 1. The first kappa shape index (κ1) is 18.8. The third kappa shape index (κ3) is 4.07. The molecule has 0 fully saturated rings. The summed E-state index contributed by atoms with van der Waals surface area (Å²) in [6.45, 7) is 4.51. The van der Waals surface area contributed by atoms with E-state index in [-0.39, 0.29) is 17.2 Å². The van der Waals surface area contributed by atoms with Gasteiger partial charge in [-0.3, -0.25) is 14.2 Å². The molecule has 1 aromatic carbocycles. The summed E-state index contributed by atoms with van der Waals surface area (Å²) in [5.74, 6) is 0.643. The summed E-state index contributed by atoms with van der Waals surface area (Å²) in [7, 11) is 1.70. The SMILES string of the molecule is CCOc1ccccc1NC(=O)CSc1nc2c(c(=O)n1C)S[C@@H](C)C2. The molecular formula is C18H21N3O3S2. The van der Waals surface area contributed by atoms with Gasteiger partial charge in [-0.15, -0.1) is 11.8 Å². The predicted octanol–water partition coefficient (Wildman–Crippen LogP) is 2.95. The van der Waals surface area contributed by atoms with E-state index in [4.69, 9.17) is 4.74 Å². The van der Waals surface area contributed by atoms with Crippen molar-refractivity contribution in [2.75, 3.05) is 17.7 Å². The van der Waals surface area contributed by atoms with Crippen LogP contribution in [0.4, 0.5) is 5.69 Å². The minimum atomic E-state index is -0.167. The zero-order valence-electron chi connectivity index (χ0n) is 14.9. The maximum Gasteiger partial charge on any atom is 0.267 e. The highest BCUT2D eigenvalue weighted by molar-refractivity contribution is 8.00. The van der Waals surface area contributed by atoms with Gasteiger partial charge in [-0.2, -0.15) is 0 Å². The lowest BCUT2D eigenvalue weighted by molar-refractivity contribution is -0.113. The Kier molecular flexibility index (Phi) is 5.93. The van der Waals surface area contributed by atoms with Crippen LogP contribution in [-0.2, 0) is 18.3 Å². The van der Waals surface area contributed by atoms with Crippen LogP contribution >= 0.6 is 23.5 Å². The first-order valence-electron chi connectivity index (χ1n) is 8.40. The number of aromatic nitrogens is 2. The molecule has 138 valence electrons. The van der Waals surface area contributed by atoms with E-state index >= 15 is 0 Å². The summed E-state index contributed by atoms with van der Waals surface area (Å²) < 4.78 is 7.04. The molecule has 1 aliphatic rings. The number of nitrogens with one attached hydrogen (secondary N) is 1. The van der Waals surface area contributed by atoms with Crippen molar-refractivity contribution in [1.29, 1.82) is 0 Å². The first-order chi connectivity index (χ1) is 12.5. The summed E-state index contributed by atoms with van der Waals surface area (Å²) in [5, 5.41) is 3.79. The summed E-state index contributed by atoms with van der Waals surface area (Å²) >= 11 is 2.84. The van der Waals surface area contributed by atoms with Crippen LogP contribution in [0.15, 0.2) is 39.1 Å². The molecule has 1 aliphatic heterocycles. The van der Waals surface area contributed by atoms with Crippen molar-refractivity contribution in [3.8, 4) is 5.75 Å². The quantitative estimate of drug-likeness (QED) is 0.603. The zero-order valence-corrected chi connectivity index (χ0v) is 16.6. The Morgan fingerprint density at radius 1 is 1.46 bits per heavy atom. The van der Waals surface area contributed by atoms with Gasteiger partial charge >= 0.3 is 0 Å². The van der Waals surface area contributed by atoms with Crippen LogP contribution in [0.2, 0.25) is 0 Å². The number of nitrogens with zero attached hydrogens (tertiary/aromatic N) is 2. The van der Waals surface area contributed by atoms with Crippen molar-refractivity contribution < 1.29 is 9.53 Å². The van der Waals surface area contributed by atoms with Gasteiger partial charge in [0, 0.05) is 18.7 Å². The number of thioether (sulfide) groups is 2. The fourth-order valence-corrected chi connectivity index (χ4v) is 4.60. The first-order valence-corrected chi connectivity index (χ1v) is 10.3. The van der Waals surface area contributed by atoms with Crippen molar-refractivity contribution in [2.24, 2.45) is 7.05 Å². The second-order valence-corrected chi connectivity index (χ2v) is 8.32. The molecule has 6 nitrogen and oxygen atoms in total. The van der Waals surface area contributed by atoms with Crippen molar-refractivity contribution in [2.45, 2.75) is 35.6 Å². The van der Waals surface area contributed by atoms with Gasteiger partial charge in [-0.1, -0.05) is 30.8 Å². The Morgan fingerprint density at radius 2 is 2.23 bits per heavy atom. The average molecular weight is 392 g/mol. The third-order valence-electron chi connectivity index (χ3n) is 3.87. The molecule has 0 spiro atoms. The summed E-state index contributed by atoms with van der Waals surface area (Å²) in [6.07, 6.45) is 0.789. The van der Waals surface area contributed by atoms with Crippen molar-refractivity contribution >= 4 is 35.1 Å². The number of hydrogen-bond acceptors (Lipinski definition) is 6. The van der Waals surface area contributed by atoms with Gasteiger partial charge in [0.25, 0.3) is 5.56 Å². The molecule has 0 saturated heterocycles. The van der Waals surface area contributed by atoms with Gasteiger partial charge in [-0.25, -0.2) is 4.98 Å². The maximum atomic E-state index is 12.5. The number of benzene rings is 1. The number of carbonyl (C=O) groups is 1. The van der Waals surface area contributed by atoms with Crippen molar-refractivity contribution in [3.63, 3.8) is 0 Å². The van der Waals surface area contributed by atoms with Gasteiger partial charge in [-0.05, 0) is 19.1 Å². The molecular weight excluding hydrogens is 370 g/mol. The Hall–Kier alpha value is -1.93. The standard InChI is InChI=1S/C18H21N3O3S2/c1-4-24-14-8-6-5-7-12(14)19-15(22)10-25-18-20-13-9-11(2)26-16(13)17(23)21(18)3/h5-8,11H,4,9-10H2,1-3H3,(H,19,22)/t11-/m0/s1. The van der Waals surface area contributed by atoms with Gasteiger partial charge in [0.2, 0.25) is 5.91 Å². The highest BCUT2D eigenvalue weighted by Crippen LogP contribution is 2.34. The number of amides is 1. The molecule has 0 aliphatic carbocycles. The largest absolute Gasteiger partial charge is 0.492 e. The normalized spacial score (nSPS) is 15.6. The fraction of sp³-hybridized carbons (Fsp3) is 0.389. The van der Waals surface area contributed by atoms with Crippen LogP contribution < -0.4 is 15.6 Å². The number of anilines is 1. The lowest BCUT2D eigenvalue weighted by atomic mass is 10.2. The van der Waals surface area contributed by atoms with E-state index < -0.39 is 0 Å². The molecule has 2 aromatic rings. The van der Waals surface area contributed by atoms with Crippen LogP contribution in [0.3, 0.4) is 0 Å². The van der Waals surface area contributed by atoms with E-state index in [0.29, 0.717) is 28.5 Å². The number of fused-ring (bicyclic) bond motifs is 1. The summed E-state index contributed by atoms with van der Waals surface area (Å²) in [6, 6.07) is 7.32. The highest BCUT2D eigenvalue weighted by Gasteiger charge is 2.25. The molecule has 26 heavy (non-hydrogen) atoms. The minimum absolute atomic E-state index is 0.0334. The summed E-state index contributed by atoms with van der Waals surface area (Å²) in [4.78, 5) is 30.1. The van der Waals surface area contributed by atoms with E-state index in [1.807, 2.05) is 25.1 Å². The lowest BCUT2D eigenvalue weighted by Crippen LogP contribution is -2.23. The molecule has 1 N–H and O–H groups in total. The Labute approximate surface area is 160 Å².